The van der Waals surface area contributed by atoms with Crippen LogP contribution in [0.25, 0.3) is 0 Å². The molecule has 1 aliphatic carbocycles. The molecular formula is C28H46N6O7S. The second-order valence-corrected chi connectivity index (χ2v) is 14.5. The molecule has 3 N–H and O–H groups in total. The summed E-state index contributed by atoms with van der Waals surface area (Å²) in [7, 11) is -2.19. The largest absolute Gasteiger partial charge is 0.444 e. The van der Waals surface area contributed by atoms with Crippen molar-refractivity contribution in [2.45, 2.75) is 95.4 Å². The Hall–Kier alpha value is -2.71. The second-order valence-electron chi connectivity index (χ2n) is 12.9. The maximum absolute atomic E-state index is 13.7. The molecule has 0 aromatic rings. The topological polar surface area (TPSA) is 157 Å². The number of hydrogen-bond donors (Lipinski definition) is 3. The van der Waals surface area contributed by atoms with Gasteiger partial charge in [-0.15, -0.1) is 0 Å². The normalized spacial score (nSPS) is 31.0. The van der Waals surface area contributed by atoms with Gasteiger partial charge in [-0.2, -0.15) is 12.7 Å². The molecule has 0 aromatic carbocycles. The number of carbonyl (C=O) groups is 4. The SMILES string of the molecule is CN1CCN(S(=O)(=O)NC(=O)[C@@]23C[C@@H]2/C=C\CCCCC[C@H](NC(=O)OC(C)(C)C)C(=O)N2CCC[C@H]2C(=O)N3)CC1. The first-order valence-corrected chi connectivity index (χ1v) is 16.5. The highest BCUT2D eigenvalue weighted by Crippen LogP contribution is 2.45. The summed E-state index contributed by atoms with van der Waals surface area (Å²) in [6.07, 6.45) is 7.90. The third kappa shape index (κ3) is 7.81. The van der Waals surface area contributed by atoms with Crippen molar-refractivity contribution in [3.8, 4) is 0 Å². The van der Waals surface area contributed by atoms with E-state index in [0.29, 0.717) is 45.3 Å². The third-order valence-electron chi connectivity index (χ3n) is 8.35. The van der Waals surface area contributed by atoms with Crippen molar-refractivity contribution < 1.29 is 32.3 Å². The van der Waals surface area contributed by atoms with E-state index in [1.54, 1.807) is 20.8 Å². The molecule has 14 heteroatoms. The summed E-state index contributed by atoms with van der Waals surface area (Å²) in [5.41, 5.74) is -2.15. The van der Waals surface area contributed by atoms with E-state index in [1.165, 1.54) is 9.21 Å². The number of allylic oxidation sites excluding steroid dienone is 1. The summed E-state index contributed by atoms with van der Waals surface area (Å²) in [4.78, 5) is 57.0. The van der Waals surface area contributed by atoms with Gasteiger partial charge in [0.15, 0.2) is 0 Å². The van der Waals surface area contributed by atoms with Gasteiger partial charge in [-0.3, -0.25) is 14.4 Å². The van der Waals surface area contributed by atoms with Crippen molar-refractivity contribution in [3.63, 3.8) is 0 Å². The van der Waals surface area contributed by atoms with Gasteiger partial charge in [-0.1, -0.05) is 25.0 Å². The number of fused-ring (bicyclic) bond motifs is 2. The number of nitrogens with zero attached hydrogens (tertiary/aromatic N) is 3. The molecule has 3 heterocycles. The van der Waals surface area contributed by atoms with Crippen LogP contribution in [0.15, 0.2) is 12.2 Å². The van der Waals surface area contributed by atoms with Gasteiger partial charge in [0.05, 0.1) is 0 Å². The molecule has 42 heavy (non-hydrogen) atoms. The molecule has 13 nitrogen and oxygen atoms in total. The number of rotatable bonds is 4. The Kier molecular flexibility index (Phi) is 9.88. The number of amides is 4. The Morgan fingerprint density at radius 1 is 1.02 bits per heavy atom. The van der Waals surface area contributed by atoms with E-state index in [0.717, 1.165) is 19.3 Å². The van der Waals surface area contributed by atoms with E-state index in [1.807, 2.05) is 24.1 Å². The Morgan fingerprint density at radius 3 is 2.43 bits per heavy atom. The van der Waals surface area contributed by atoms with Crippen LogP contribution in [0, 0.1) is 5.92 Å². The van der Waals surface area contributed by atoms with E-state index in [-0.39, 0.29) is 31.3 Å². The molecule has 3 fully saturated rings. The van der Waals surface area contributed by atoms with Gasteiger partial charge in [0, 0.05) is 38.6 Å². The van der Waals surface area contributed by atoms with Gasteiger partial charge >= 0.3 is 16.3 Å². The summed E-state index contributed by atoms with van der Waals surface area (Å²) >= 11 is 0. The van der Waals surface area contributed by atoms with Crippen molar-refractivity contribution in [2.24, 2.45) is 5.92 Å². The first kappa shape index (κ1) is 32.2. The number of nitrogens with one attached hydrogen (secondary N) is 3. The van der Waals surface area contributed by atoms with Crippen LogP contribution in [-0.2, 0) is 29.3 Å². The van der Waals surface area contributed by atoms with Crippen LogP contribution in [0.1, 0.15) is 72.1 Å². The standard InChI is InChI=1S/C28H46N6O7S/c1-27(2,3)41-26(38)29-21-12-9-7-5-6-8-11-20-19-28(20,30-23(35)22-13-10-14-34(22)24(21)36)25(37)31-42(39,40)33-17-15-32(4)16-18-33/h8,11,20-22H,5-7,9-10,12-19H2,1-4H3,(H,29,38)(H,30,35)(H,31,37)/b11-8-/t20-,21-,22-,28+/m0/s1. The maximum atomic E-state index is 13.7. The monoisotopic (exact) mass is 610 g/mol. The molecular weight excluding hydrogens is 564 g/mol. The highest BCUT2D eigenvalue weighted by atomic mass is 32.2. The molecule has 3 aliphatic heterocycles. The number of piperazine rings is 1. The third-order valence-corrected chi connectivity index (χ3v) is 9.84. The molecule has 2 saturated heterocycles. The zero-order valence-electron chi connectivity index (χ0n) is 25.2. The minimum Gasteiger partial charge on any atom is -0.444 e. The highest BCUT2D eigenvalue weighted by Gasteiger charge is 2.61. The van der Waals surface area contributed by atoms with Gasteiger partial charge in [0.1, 0.15) is 23.2 Å². The fraction of sp³-hybridized carbons (Fsp3) is 0.786. The summed E-state index contributed by atoms with van der Waals surface area (Å²) in [6.45, 7) is 7.20. The molecule has 0 radical (unpaired) electrons. The van der Waals surface area contributed by atoms with Crippen molar-refractivity contribution in [1.82, 2.24) is 29.5 Å². The minimum atomic E-state index is -4.09. The van der Waals surface area contributed by atoms with Crippen molar-refractivity contribution in [2.75, 3.05) is 39.8 Å². The van der Waals surface area contributed by atoms with E-state index < -0.39 is 51.3 Å². The van der Waals surface area contributed by atoms with Gasteiger partial charge in [-0.25, -0.2) is 9.52 Å². The Balaban J connectivity index is 1.52. The van der Waals surface area contributed by atoms with Crippen molar-refractivity contribution >= 4 is 34.0 Å². The summed E-state index contributed by atoms with van der Waals surface area (Å²) in [5.74, 6) is -2.00. The van der Waals surface area contributed by atoms with Crippen LogP contribution in [-0.4, -0.2) is 109 Å². The zero-order chi connectivity index (χ0) is 30.7. The average molecular weight is 611 g/mol. The molecule has 0 bridgehead atoms. The predicted molar refractivity (Wildman–Crippen MR) is 155 cm³/mol. The average Bonchev–Trinajstić information content (AvgIpc) is 3.35. The molecule has 4 amide bonds. The molecule has 236 valence electrons. The quantitative estimate of drug-likeness (QED) is 0.396. The second kappa shape index (κ2) is 12.9. The highest BCUT2D eigenvalue weighted by molar-refractivity contribution is 7.87. The minimum absolute atomic E-state index is 0.263. The number of hydrogen-bond acceptors (Lipinski definition) is 8. The lowest BCUT2D eigenvalue weighted by atomic mass is 10.0. The Bertz CT molecular complexity index is 1180. The fourth-order valence-corrected chi connectivity index (χ4v) is 7.03. The van der Waals surface area contributed by atoms with Crippen LogP contribution in [0.4, 0.5) is 4.79 Å². The summed E-state index contributed by atoms with van der Waals surface area (Å²) < 4.78 is 35.0. The lowest BCUT2D eigenvalue weighted by Gasteiger charge is -2.32. The van der Waals surface area contributed by atoms with Crippen LogP contribution < -0.4 is 15.4 Å². The zero-order valence-corrected chi connectivity index (χ0v) is 26.0. The van der Waals surface area contributed by atoms with Crippen LogP contribution >= 0.6 is 0 Å². The molecule has 0 aromatic heterocycles. The van der Waals surface area contributed by atoms with Crippen LogP contribution in [0.2, 0.25) is 0 Å². The first-order valence-electron chi connectivity index (χ1n) is 15.0. The van der Waals surface area contributed by atoms with Gasteiger partial charge in [0.2, 0.25) is 11.8 Å². The fourth-order valence-electron chi connectivity index (χ4n) is 5.84. The summed E-state index contributed by atoms with van der Waals surface area (Å²) in [5, 5.41) is 5.56. The first-order chi connectivity index (χ1) is 19.7. The number of alkyl carbamates (subject to hydrolysis) is 1. The van der Waals surface area contributed by atoms with Crippen LogP contribution in [0.3, 0.4) is 0 Å². The van der Waals surface area contributed by atoms with E-state index in [9.17, 15) is 27.6 Å². The van der Waals surface area contributed by atoms with E-state index in [2.05, 4.69) is 15.4 Å². The number of carbonyl (C=O) groups excluding carboxylic acids is 4. The predicted octanol–water partition coefficient (Wildman–Crippen LogP) is 0.874. The van der Waals surface area contributed by atoms with E-state index in [4.69, 9.17) is 4.74 Å². The number of ether oxygens (including phenoxy) is 1. The summed E-state index contributed by atoms with van der Waals surface area (Å²) in [6, 6.07) is -1.69. The molecule has 4 atom stereocenters. The molecule has 0 spiro atoms. The smallest absolute Gasteiger partial charge is 0.408 e. The molecule has 4 aliphatic rings. The lowest BCUT2D eigenvalue weighted by Crippen LogP contribution is -2.60. The van der Waals surface area contributed by atoms with Gasteiger partial charge in [0.25, 0.3) is 5.91 Å². The van der Waals surface area contributed by atoms with Crippen molar-refractivity contribution in [1.29, 1.82) is 0 Å². The molecule has 0 unspecified atom stereocenters. The van der Waals surface area contributed by atoms with E-state index >= 15 is 0 Å². The lowest BCUT2D eigenvalue weighted by molar-refractivity contribution is -0.141. The van der Waals surface area contributed by atoms with Gasteiger partial charge in [-0.05, 0) is 66.3 Å². The van der Waals surface area contributed by atoms with Crippen LogP contribution in [0.5, 0.6) is 0 Å². The Labute approximate surface area is 248 Å². The molecule has 4 rings (SSSR count). The molecule has 1 saturated carbocycles. The van der Waals surface area contributed by atoms with Gasteiger partial charge < -0.3 is 25.2 Å². The Morgan fingerprint density at radius 2 is 1.74 bits per heavy atom. The maximum Gasteiger partial charge on any atom is 0.408 e. The van der Waals surface area contributed by atoms with Crippen molar-refractivity contribution in [3.05, 3.63) is 12.2 Å². The number of likely N-dealkylation sites (N-methyl/N-ethyl adjacent to an activating group) is 1.